The van der Waals surface area contributed by atoms with Gasteiger partial charge in [-0.3, -0.25) is 4.72 Å². The molecular weight excluding hydrogens is 254 g/mol. The Morgan fingerprint density at radius 3 is 2.61 bits per heavy atom. The van der Waals surface area contributed by atoms with E-state index in [1.54, 1.807) is 13.1 Å². The lowest BCUT2D eigenvalue weighted by Crippen LogP contribution is -2.15. The van der Waals surface area contributed by atoms with Gasteiger partial charge in [0.15, 0.2) is 0 Å². The van der Waals surface area contributed by atoms with Crippen molar-refractivity contribution in [1.29, 1.82) is 0 Å². The van der Waals surface area contributed by atoms with E-state index in [1.807, 2.05) is 0 Å². The zero-order valence-corrected chi connectivity index (χ0v) is 10.3. The molecule has 0 aliphatic carbocycles. The topological polar surface area (TPSA) is 96.9 Å². The molecule has 0 spiro atoms. The molecule has 8 heteroatoms. The fourth-order valence-corrected chi connectivity index (χ4v) is 2.55. The number of hydrogen-bond donors (Lipinski definition) is 2. The molecule has 2 aromatic heterocycles. The molecular formula is C10H11N5O2S. The molecule has 2 heterocycles. The summed E-state index contributed by atoms with van der Waals surface area (Å²) in [6.07, 6.45) is 5.58. The average molecular weight is 265 g/mol. The maximum Gasteiger partial charge on any atom is 0.265 e. The lowest BCUT2D eigenvalue weighted by atomic mass is 10.5. The highest BCUT2D eigenvalue weighted by molar-refractivity contribution is 7.92. The normalized spacial score (nSPS) is 10.9. The van der Waals surface area contributed by atoms with Gasteiger partial charge in [-0.15, -0.1) is 0 Å². The fourth-order valence-electron chi connectivity index (χ4n) is 1.36. The molecule has 0 fully saturated rings. The van der Waals surface area contributed by atoms with Gasteiger partial charge < -0.3 is 5.32 Å². The Morgan fingerprint density at radius 2 is 1.94 bits per heavy atom. The number of sulfonamides is 1. The SMILES string of the molecule is CNc1ncccc1S(=O)(=O)Nc1cncnc1. The number of pyridine rings is 1. The van der Waals surface area contributed by atoms with Gasteiger partial charge in [-0.25, -0.2) is 23.4 Å². The molecule has 0 aromatic carbocycles. The Labute approximate surface area is 104 Å². The summed E-state index contributed by atoms with van der Waals surface area (Å²) in [4.78, 5) is 11.5. The highest BCUT2D eigenvalue weighted by Gasteiger charge is 2.18. The Balaban J connectivity index is 2.37. The molecule has 2 N–H and O–H groups in total. The third-order valence-electron chi connectivity index (χ3n) is 2.11. The van der Waals surface area contributed by atoms with E-state index in [1.165, 1.54) is 31.0 Å². The lowest BCUT2D eigenvalue weighted by molar-refractivity contribution is 0.601. The maximum absolute atomic E-state index is 12.1. The Kier molecular flexibility index (Phi) is 3.38. The van der Waals surface area contributed by atoms with Crippen molar-refractivity contribution in [3.63, 3.8) is 0 Å². The number of rotatable bonds is 4. The first kappa shape index (κ1) is 12.2. The van der Waals surface area contributed by atoms with Crippen LogP contribution in [-0.2, 0) is 10.0 Å². The first-order valence-electron chi connectivity index (χ1n) is 5.04. The van der Waals surface area contributed by atoms with Crippen molar-refractivity contribution >= 4 is 21.5 Å². The highest BCUT2D eigenvalue weighted by Crippen LogP contribution is 2.20. The van der Waals surface area contributed by atoms with Gasteiger partial charge in [0.1, 0.15) is 17.0 Å². The molecule has 0 saturated carbocycles. The van der Waals surface area contributed by atoms with Crippen molar-refractivity contribution in [1.82, 2.24) is 15.0 Å². The summed E-state index contributed by atoms with van der Waals surface area (Å²) in [6, 6.07) is 3.02. The van der Waals surface area contributed by atoms with Crippen molar-refractivity contribution < 1.29 is 8.42 Å². The molecule has 0 radical (unpaired) electrons. The van der Waals surface area contributed by atoms with Gasteiger partial charge >= 0.3 is 0 Å². The molecule has 2 rings (SSSR count). The summed E-state index contributed by atoms with van der Waals surface area (Å²) < 4.78 is 26.6. The molecule has 0 unspecified atom stereocenters. The summed E-state index contributed by atoms with van der Waals surface area (Å²) >= 11 is 0. The van der Waals surface area contributed by atoms with Crippen LogP contribution in [0.2, 0.25) is 0 Å². The van der Waals surface area contributed by atoms with Gasteiger partial charge in [-0.2, -0.15) is 0 Å². The van der Waals surface area contributed by atoms with Crippen molar-refractivity contribution in [3.8, 4) is 0 Å². The van der Waals surface area contributed by atoms with Gasteiger partial charge in [-0.05, 0) is 12.1 Å². The zero-order valence-electron chi connectivity index (χ0n) is 9.53. The molecule has 0 saturated heterocycles. The van der Waals surface area contributed by atoms with Crippen molar-refractivity contribution in [3.05, 3.63) is 37.1 Å². The number of nitrogens with zero attached hydrogens (tertiary/aromatic N) is 3. The lowest BCUT2D eigenvalue weighted by Gasteiger charge is -2.10. The zero-order chi connectivity index (χ0) is 13.0. The van der Waals surface area contributed by atoms with E-state index in [-0.39, 0.29) is 10.7 Å². The molecule has 94 valence electrons. The van der Waals surface area contributed by atoms with Crippen molar-refractivity contribution in [2.75, 3.05) is 17.1 Å². The number of nitrogens with one attached hydrogen (secondary N) is 2. The highest BCUT2D eigenvalue weighted by atomic mass is 32.2. The van der Waals surface area contributed by atoms with Gasteiger partial charge in [0.2, 0.25) is 0 Å². The summed E-state index contributed by atoms with van der Waals surface area (Å²) in [7, 11) is -2.11. The summed E-state index contributed by atoms with van der Waals surface area (Å²) in [5.74, 6) is 0.279. The van der Waals surface area contributed by atoms with Crippen LogP contribution in [0.15, 0.2) is 41.9 Å². The molecule has 7 nitrogen and oxygen atoms in total. The van der Waals surface area contributed by atoms with Crippen LogP contribution in [0.5, 0.6) is 0 Å². The third-order valence-corrected chi connectivity index (χ3v) is 3.52. The van der Waals surface area contributed by atoms with E-state index in [0.717, 1.165) is 0 Å². The van der Waals surface area contributed by atoms with Gasteiger partial charge in [0.05, 0.1) is 18.1 Å². The molecule has 0 bridgehead atoms. The van der Waals surface area contributed by atoms with E-state index in [0.29, 0.717) is 5.69 Å². The average Bonchev–Trinajstić information content (AvgIpc) is 2.39. The summed E-state index contributed by atoms with van der Waals surface area (Å²) in [6.45, 7) is 0. The minimum Gasteiger partial charge on any atom is -0.372 e. The van der Waals surface area contributed by atoms with Crippen molar-refractivity contribution in [2.45, 2.75) is 4.90 Å². The molecule has 0 aliphatic heterocycles. The molecule has 0 aliphatic rings. The van der Waals surface area contributed by atoms with Gasteiger partial charge in [0, 0.05) is 13.2 Å². The van der Waals surface area contributed by atoms with Crippen LogP contribution < -0.4 is 10.0 Å². The number of hydrogen-bond acceptors (Lipinski definition) is 6. The fraction of sp³-hybridized carbons (Fsp3) is 0.100. The van der Waals surface area contributed by atoms with Crippen LogP contribution >= 0.6 is 0 Å². The smallest absolute Gasteiger partial charge is 0.265 e. The summed E-state index contributed by atoms with van der Waals surface area (Å²) in [5.41, 5.74) is 0.295. The number of anilines is 2. The minimum atomic E-state index is -3.71. The minimum absolute atomic E-state index is 0.0661. The Bertz CT molecular complexity index is 630. The van der Waals surface area contributed by atoms with Crippen LogP contribution in [0.3, 0.4) is 0 Å². The molecule has 18 heavy (non-hydrogen) atoms. The molecule has 0 amide bonds. The molecule has 2 aromatic rings. The first-order chi connectivity index (χ1) is 8.63. The predicted octanol–water partition coefficient (Wildman–Crippen LogP) is 0.714. The van der Waals surface area contributed by atoms with Crippen molar-refractivity contribution in [2.24, 2.45) is 0 Å². The predicted molar refractivity (Wildman–Crippen MR) is 66.6 cm³/mol. The Hall–Kier alpha value is -2.22. The monoisotopic (exact) mass is 265 g/mol. The van der Waals surface area contributed by atoms with Crippen LogP contribution in [0.4, 0.5) is 11.5 Å². The first-order valence-corrected chi connectivity index (χ1v) is 6.52. The molecule has 0 atom stereocenters. The van der Waals surface area contributed by atoms with Crippen LogP contribution in [-0.4, -0.2) is 30.4 Å². The van der Waals surface area contributed by atoms with Crippen LogP contribution in [0.25, 0.3) is 0 Å². The maximum atomic E-state index is 12.1. The quantitative estimate of drug-likeness (QED) is 0.845. The van der Waals surface area contributed by atoms with E-state index in [9.17, 15) is 8.42 Å². The standard InChI is InChI=1S/C10H11N5O2S/c1-11-10-9(3-2-4-14-10)18(16,17)15-8-5-12-7-13-6-8/h2-7,15H,1H3,(H,11,14). The Morgan fingerprint density at radius 1 is 1.22 bits per heavy atom. The van der Waals surface area contributed by atoms with Gasteiger partial charge in [0.25, 0.3) is 10.0 Å². The van der Waals surface area contributed by atoms with E-state index < -0.39 is 10.0 Å². The van der Waals surface area contributed by atoms with E-state index in [4.69, 9.17) is 0 Å². The number of aromatic nitrogens is 3. The largest absolute Gasteiger partial charge is 0.372 e. The second-order valence-corrected chi connectivity index (χ2v) is 4.98. The van der Waals surface area contributed by atoms with E-state index in [2.05, 4.69) is 25.0 Å². The van der Waals surface area contributed by atoms with Gasteiger partial charge in [-0.1, -0.05) is 0 Å². The van der Waals surface area contributed by atoms with Crippen LogP contribution in [0, 0.1) is 0 Å². The van der Waals surface area contributed by atoms with Crippen LogP contribution in [0.1, 0.15) is 0 Å². The third kappa shape index (κ3) is 2.54. The van der Waals surface area contributed by atoms with E-state index >= 15 is 0 Å². The summed E-state index contributed by atoms with van der Waals surface area (Å²) in [5, 5.41) is 2.73. The second kappa shape index (κ2) is 4.96. The second-order valence-electron chi connectivity index (χ2n) is 3.33.